The number of benzene rings is 3. The molecule has 3 aromatic carbocycles. The first kappa shape index (κ1) is 32.1. The van der Waals surface area contributed by atoms with E-state index < -0.39 is 28.5 Å². The average Bonchev–Trinajstić information content (AvgIpc) is 2.94. The number of anilines is 1. The third-order valence-electron chi connectivity index (χ3n) is 6.63. The highest BCUT2D eigenvalue weighted by Crippen LogP contribution is 2.24. The molecule has 0 aromatic heterocycles. The van der Waals surface area contributed by atoms with Crippen LogP contribution in [0.4, 0.5) is 5.69 Å². The Bertz CT molecular complexity index is 1400. The van der Waals surface area contributed by atoms with Gasteiger partial charge in [-0.1, -0.05) is 65.3 Å². The van der Waals surface area contributed by atoms with Gasteiger partial charge in [-0.25, -0.2) is 8.42 Å². The lowest BCUT2D eigenvalue weighted by atomic mass is 10.0. The molecule has 220 valence electrons. The first-order valence-corrected chi connectivity index (χ1v) is 16.2. The number of amides is 2. The molecular weight excluding hydrogens is 606 g/mol. The summed E-state index contributed by atoms with van der Waals surface area (Å²) in [7, 11) is -3.84. The fourth-order valence-electron chi connectivity index (χ4n) is 4.32. The summed E-state index contributed by atoms with van der Waals surface area (Å²) in [5, 5.41) is 3.03. The molecule has 0 unspecified atom stereocenters. The van der Waals surface area contributed by atoms with Gasteiger partial charge in [-0.3, -0.25) is 13.9 Å². The molecule has 1 N–H and O–H groups in total. The third-order valence-corrected chi connectivity index (χ3v) is 8.26. The van der Waals surface area contributed by atoms with Gasteiger partial charge in [0.2, 0.25) is 21.8 Å². The third kappa shape index (κ3) is 9.60. The molecule has 10 heteroatoms. The Balaban J connectivity index is 2.04. The van der Waals surface area contributed by atoms with Crippen molar-refractivity contribution in [3.8, 4) is 5.75 Å². The maximum Gasteiger partial charge on any atom is 0.244 e. The van der Waals surface area contributed by atoms with Crippen LogP contribution >= 0.6 is 15.9 Å². The first-order valence-electron chi connectivity index (χ1n) is 13.6. The molecule has 2 amide bonds. The minimum atomic E-state index is -3.84. The number of ether oxygens (including phenoxy) is 1. The van der Waals surface area contributed by atoms with E-state index in [9.17, 15) is 18.0 Å². The van der Waals surface area contributed by atoms with Crippen LogP contribution in [0.3, 0.4) is 0 Å². The molecule has 8 nitrogen and oxygen atoms in total. The number of nitrogens with zero attached hydrogens (tertiary/aromatic N) is 2. The molecule has 0 aliphatic rings. The Morgan fingerprint density at radius 3 is 2.20 bits per heavy atom. The van der Waals surface area contributed by atoms with Crippen molar-refractivity contribution in [1.29, 1.82) is 0 Å². The number of carbonyl (C=O) groups excluding carboxylic acids is 2. The summed E-state index contributed by atoms with van der Waals surface area (Å²) < 4.78 is 33.2. The molecule has 41 heavy (non-hydrogen) atoms. The minimum absolute atomic E-state index is 0.0973. The zero-order valence-electron chi connectivity index (χ0n) is 23.9. The lowest BCUT2D eigenvalue weighted by Crippen LogP contribution is -2.54. The van der Waals surface area contributed by atoms with E-state index in [1.807, 2.05) is 75.4 Å². The minimum Gasteiger partial charge on any atom is -0.494 e. The van der Waals surface area contributed by atoms with E-state index in [0.717, 1.165) is 32.6 Å². The Morgan fingerprint density at radius 1 is 0.951 bits per heavy atom. The van der Waals surface area contributed by atoms with Crippen LogP contribution in [0.15, 0.2) is 83.3 Å². The predicted molar refractivity (Wildman–Crippen MR) is 166 cm³/mol. The Hall–Kier alpha value is -3.37. The lowest BCUT2D eigenvalue weighted by Gasteiger charge is -2.34. The molecule has 3 rings (SSSR count). The van der Waals surface area contributed by atoms with Gasteiger partial charge in [0.25, 0.3) is 0 Å². The molecule has 2 atom stereocenters. The van der Waals surface area contributed by atoms with Gasteiger partial charge in [0, 0.05) is 23.5 Å². The first-order chi connectivity index (χ1) is 19.5. The van der Waals surface area contributed by atoms with E-state index in [0.29, 0.717) is 18.0 Å². The second-order valence-electron chi connectivity index (χ2n) is 9.87. The number of hydrogen-bond acceptors (Lipinski definition) is 5. The van der Waals surface area contributed by atoms with Crippen LogP contribution in [0.1, 0.15) is 38.3 Å². The normalized spacial score (nSPS) is 12.7. The largest absolute Gasteiger partial charge is 0.494 e. The zero-order valence-corrected chi connectivity index (χ0v) is 26.3. The van der Waals surface area contributed by atoms with Gasteiger partial charge in [-0.05, 0) is 67.8 Å². The maximum absolute atomic E-state index is 14.1. The van der Waals surface area contributed by atoms with Gasteiger partial charge in [0.1, 0.15) is 18.3 Å². The number of nitrogens with one attached hydrogen (secondary N) is 1. The summed E-state index contributed by atoms with van der Waals surface area (Å²) in [5.41, 5.74) is 2.01. The van der Waals surface area contributed by atoms with Gasteiger partial charge < -0.3 is 15.0 Å². The van der Waals surface area contributed by atoms with Gasteiger partial charge in [-0.15, -0.1) is 0 Å². The molecule has 0 spiro atoms. The quantitative estimate of drug-likeness (QED) is 0.262. The van der Waals surface area contributed by atoms with E-state index in [-0.39, 0.29) is 24.9 Å². The van der Waals surface area contributed by atoms with Crippen molar-refractivity contribution in [2.75, 3.05) is 23.7 Å². The fourth-order valence-corrected chi connectivity index (χ4v) is 5.61. The molecule has 0 saturated heterocycles. The number of carbonyl (C=O) groups is 2. The Labute approximate surface area is 251 Å². The molecule has 0 bridgehead atoms. The molecule has 0 radical (unpaired) electrons. The van der Waals surface area contributed by atoms with Crippen molar-refractivity contribution >= 4 is 43.5 Å². The standard InChI is InChI=1S/C31H38BrN3O5S/c1-5-23(3)33-31(37)29(20-24-11-8-7-9-12-24)34(21-25-13-10-14-26(32)19-25)30(36)22-35(41(4,38)39)27-15-17-28(18-16-27)40-6-2/h7-19,23,29H,5-6,20-22H2,1-4H3,(H,33,37)/t23-,29-/m0/s1. The average molecular weight is 645 g/mol. The monoisotopic (exact) mass is 643 g/mol. The molecule has 0 saturated carbocycles. The molecule has 0 aliphatic carbocycles. The topological polar surface area (TPSA) is 96.0 Å². The maximum atomic E-state index is 14.1. The van der Waals surface area contributed by atoms with E-state index in [4.69, 9.17) is 4.74 Å². The fraction of sp³-hybridized carbons (Fsp3) is 0.355. The van der Waals surface area contributed by atoms with Crippen LogP contribution in [0, 0.1) is 0 Å². The molecule has 0 heterocycles. The lowest BCUT2D eigenvalue weighted by molar-refractivity contribution is -0.140. The summed E-state index contributed by atoms with van der Waals surface area (Å²) in [5.74, 6) is -0.194. The Morgan fingerprint density at radius 2 is 1.61 bits per heavy atom. The van der Waals surface area contributed by atoms with Crippen LogP contribution in [-0.4, -0.2) is 56.6 Å². The molecule has 0 aliphatic heterocycles. The highest BCUT2D eigenvalue weighted by Gasteiger charge is 2.33. The highest BCUT2D eigenvalue weighted by molar-refractivity contribution is 9.10. The van der Waals surface area contributed by atoms with Crippen LogP contribution in [0.5, 0.6) is 5.75 Å². The van der Waals surface area contributed by atoms with Crippen molar-refractivity contribution in [3.63, 3.8) is 0 Å². The van der Waals surface area contributed by atoms with Crippen molar-refractivity contribution in [2.24, 2.45) is 0 Å². The van der Waals surface area contributed by atoms with E-state index >= 15 is 0 Å². The van der Waals surface area contributed by atoms with E-state index in [1.165, 1.54) is 4.90 Å². The summed E-state index contributed by atoms with van der Waals surface area (Å²) >= 11 is 3.48. The summed E-state index contributed by atoms with van der Waals surface area (Å²) in [6.45, 7) is 5.86. The number of hydrogen-bond donors (Lipinski definition) is 1. The molecule has 0 fully saturated rings. The SMILES string of the molecule is CCOc1ccc(N(CC(=O)N(Cc2cccc(Br)c2)[C@@H](Cc2ccccc2)C(=O)N[C@@H](C)CC)S(C)(=O)=O)cc1. The second kappa shape index (κ2) is 15.0. The summed E-state index contributed by atoms with van der Waals surface area (Å²) in [6.07, 6.45) is 2.06. The molecule has 3 aromatic rings. The summed E-state index contributed by atoms with van der Waals surface area (Å²) in [4.78, 5) is 29.3. The van der Waals surface area contributed by atoms with E-state index in [2.05, 4.69) is 21.2 Å². The smallest absolute Gasteiger partial charge is 0.244 e. The number of sulfonamides is 1. The number of halogens is 1. The van der Waals surface area contributed by atoms with Gasteiger partial charge in [-0.2, -0.15) is 0 Å². The number of rotatable bonds is 14. The van der Waals surface area contributed by atoms with Gasteiger partial charge >= 0.3 is 0 Å². The second-order valence-corrected chi connectivity index (χ2v) is 12.7. The van der Waals surface area contributed by atoms with Crippen LogP contribution in [0.2, 0.25) is 0 Å². The molecular formula is C31H38BrN3O5S. The van der Waals surface area contributed by atoms with Crippen molar-refractivity contribution in [1.82, 2.24) is 10.2 Å². The van der Waals surface area contributed by atoms with Crippen LogP contribution in [-0.2, 0) is 32.6 Å². The van der Waals surface area contributed by atoms with Gasteiger partial charge in [0.15, 0.2) is 0 Å². The highest BCUT2D eigenvalue weighted by atomic mass is 79.9. The predicted octanol–water partition coefficient (Wildman–Crippen LogP) is 5.17. The van der Waals surface area contributed by atoms with Crippen molar-refractivity contribution in [2.45, 2.75) is 52.2 Å². The van der Waals surface area contributed by atoms with Gasteiger partial charge in [0.05, 0.1) is 18.6 Å². The van der Waals surface area contributed by atoms with E-state index in [1.54, 1.807) is 24.3 Å². The summed E-state index contributed by atoms with van der Waals surface area (Å²) in [6, 6.07) is 22.5. The Kier molecular flexibility index (Phi) is 11.8. The zero-order chi connectivity index (χ0) is 30.0. The van der Waals surface area contributed by atoms with Crippen LogP contribution in [0.25, 0.3) is 0 Å². The van der Waals surface area contributed by atoms with Crippen LogP contribution < -0.4 is 14.4 Å². The van der Waals surface area contributed by atoms with Crippen molar-refractivity contribution < 1.29 is 22.7 Å². The van der Waals surface area contributed by atoms with Crippen molar-refractivity contribution in [3.05, 3.63) is 94.5 Å².